The lowest BCUT2D eigenvalue weighted by Gasteiger charge is -2.28. The van der Waals surface area contributed by atoms with E-state index in [9.17, 15) is 0 Å². The second-order valence-electron chi connectivity index (χ2n) is 15.0. The quantitative estimate of drug-likeness (QED) is 0.0518. The maximum Gasteiger partial charge on any atom is 0.111 e. The summed E-state index contributed by atoms with van der Waals surface area (Å²) < 4.78 is 0. The molecule has 0 nitrogen and oxygen atoms in total. The fraction of sp³-hybridized carbons (Fsp3) is 0.625. The Morgan fingerprint density at radius 3 is 0.840 bits per heavy atom. The Hall–Kier alpha value is -1.48. The van der Waals surface area contributed by atoms with Gasteiger partial charge in [-0.1, -0.05) is 179 Å². The Morgan fingerprint density at radius 2 is 0.560 bits per heavy atom. The Bertz CT molecular complexity index is 1020. The fourth-order valence-corrected chi connectivity index (χ4v) is 17.1. The van der Waals surface area contributed by atoms with Gasteiger partial charge in [0.25, 0.3) is 0 Å². The molecular formula is C48H80P2+2. The van der Waals surface area contributed by atoms with Crippen molar-refractivity contribution in [1.29, 1.82) is 0 Å². The van der Waals surface area contributed by atoms with Crippen molar-refractivity contribution in [1.82, 2.24) is 0 Å². The van der Waals surface area contributed by atoms with E-state index in [2.05, 4.69) is 126 Å². The molecule has 280 valence electrons. The van der Waals surface area contributed by atoms with Crippen LogP contribution in [0.15, 0.2) is 91.0 Å². The molecular weight excluding hydrogens is 638 g/mol. The molecule has 0 aliphatic rings. The summed E-state index contributed by atoms with van der Waals surface area (Å²) in [5.74, 6) is 0. The summed E-state index contributed by atoms with van der Waals surface area (Å²) in [6.45, 7) is 11.8. The molecule has 0 fully saturated rings. The first-order valence-electron chi connectivity index (χ1n) is 21.5. The predicted octanol–water partition coefficient (Wildman–Crippen LogP) is 14.9. The molecule has 0 aliphatic carbocycles. The van der Waals surface area contributed by atoms with Crippen molar-refractivity contribution in [3.05, 3.63) is 91.0 Å². The highest BCUT2D eigenvalue weighted by Crippen LogP contribution is 2.61. The van der Waals surface area contributed by atoms with Crippen LogP contribution in [0.1, 0.15) is 163 Å². The molecule has 3 aromatic rings. The van der Waals surface area contributed by atoms with Gasteiger partial charge in [0.05, 0.1) is 30.8 Å². The molecule has 0 aliphatic heterocycles. The summed E-state index contributed by atoms with van der Waals surface area (Å²) >= 11 is 0. The third-order valence-corrected chi connectivity index (χ3v) is 20.6. The lowest BCUT2D eigenvalue weighted by molar-refractivity contribution is 0.538. The van der Waals surface area contributed by atoms with Gasteiger partial charge < -0.3 is 0 Å². The van der Waals surface area contributed by atoms with E-state index in [4.69, 9.17) is 0 Å². The van der Waals surface area contributed by atoms with Crippen molar-refractivity contribution in [2.75, 3.05) is 30.8 Å². The molecule has 0 radical (unpaired) electrons. The van der Waals surface area contributed by atoms with E-state index in [-0.39, 0.29) is 0 Å². The van der Waals surface area contributed by atoms with E-state index >= 15 is 0 Å². The highest BCUT2D eigenvalue weighted by molar-refractivity contribution is 7.95. The minimum absolute atomic E-state index is 0.630. The van der Waals surface area contributed by atoms with Crippen LogP contribution in [0.3, 0.4) is 0 Å². The maximum absolute atomic E-state index is 2.39. The normalized spacial score (nSPS) is 11.7. The third-order valence-electron chi connectivity index (χ3n) is 11.0. The van der Waals surface area contributed by atoms with E-state index in [1.807, 2.05) is 0 Å². The van der Waals surface area contributed by atoms with Gasteiger partial charge in [-0.25, -0.2) is 0 Å². The summed E-state index contributed by atoms with van der Waals surface area (Å²) in [4.78, 5) is 0. The van der Waals surface area contributed by atoms with Crippen LogP contribution in [0.5, 0.6) is 0 Å². The van der Waals surface area contributed by atoms with Gasteiger partial charge in [-0.3, -0.25) is 0 Å². The monoisotopic (exact) mass is 719 g/mol. The number of hydrogen-bond donors (Lipinski definition) is 0. The lowest BCUT2D eigenvalue weighted by Crippen LogP contribution is -2.32. The average Bonchev–Trinajstić information content (AvgIpc) is 3.17. The van der Waals surface area contributed by atoms with Gasteiger partial charge in [0, 0.05) is 7.26 Å². The molecule has 0 atom stereocenters. The zero-order chi connectivity index (χ0) is 36.0. The van der Waals surface area contributed by atoms with E-state index in [1.54, 1.807) is 31.1 Å². The fourth-order valence-electron chi connectivity index (χ4n) is 7.84. The van der Waals surface area contributed by atoms with E-state index in [1.165, 1.54) is 138 Å². The minimum Gasteiger partial charge on any atom is -0.0654 e. The standard InChI is InChI=1S/C28H60P.C20H20P/c1-5-9-13-14-15-16-17-18-19-20-21-22-23-24-28-29(25-10-6-2,26-11-7-3)27-12-8-4;1-2-21(18-12-6-3-7-13-18,19-14-8-4-9-15-19)20-16-10-5-11-17-20/h5-28H2,1-4H3;3-17H,2H2,1H3/q2*+1. The Morgan fingerprint density at radius 1 is 0.300 bits per heavy atom. The Kier molecular flexibility index (Phi) is 25.9. The molecule has 50 heavy (non-hydrogen) atoms. The van der Waals surface area contributed by atoms with E-state index in [0.29, 0.717) is 0 Å². The van der Waals surface area contributed by atoms with Crippen LogP contribution < -0.4 is 15.9 Å². The second-order valence-corrected chi connectivity index (χ2v) is 23.3. The van der Waals surface area contributed by atoms with Crippen LogP contribution in [0.4, 0.5) is 0 Å². The first-order valence-corrected chi connectivity index (χ1v) is 26.0. The molecule has 3 aromatic carbocycles. The number of rotatable bonds is 28. The van der Waals surface area contributed by atoms with Crippen molar-refractivity contribution in [3.63, 3.8) is 0 Å². The lowest BCUT2D eigenvalue weighted by atomic mass is 10.0. The average molecular weight is 719 g/mol. The molecule has 2 heteroatoms. The SMILES string of the molecule is CCCCCCCCCCCCCCCC[P+](CCCC)(CCCC)CCCC.CC[P+](c1ccccc1)(c1ccccc1)c1ccccc1. The summed E-state index contributed by atoms with van der Waals surface area (Å²) in [6.07, 6.45) is 37.1. The molecule has 3 rings (SSSR count). The first kappa shape index (κ1) is 44.7. The Balaban J connectivity index is 0.000000361. The second kappa shape index (κ2) is 29.0. The van der Waals surface area contributed by atoms with Crippen molar-refractivity contribution in [2.45, 2.75) is 163 Å². The van der Waals surface area contributed by atoms with Crippen LogP contribution in [0.2, 0.25) is 0 Å². The molecule has 0 bridgehead atoms. The maximum atomic E-state index is 2.39. The third kappa shape index (κ3) is 16.9. The smallest absolute Gasteiger partial charge is 0.0654 e. The van der Waals surface area contributed by atoms with Crippen LogP contribution in [-0.2, 0) is 0 Å². The highest BCUT2D eigenvalue weighted by Gasteiger charge is 2.43. The first-order chi connectivity index (χ1) is 24.6. The summed E-state index contributed by atoms with van der Waals surface area (Å²) in [5.41, 5.74) is 0. The Labute approximate surface area is 314 Å². The topological polar surface area (TPSA) is 0 Å². The zero-order valence-electron chi connectivity index (χ0n) is 33.7. The number of benzene rings is 3. The van der Waals surface area contributed by atoms with Crippen LogP contribution in [-0.4, -0.2) is 30.8 Å². The van der Waals surface area contributed by atoms with Gasteiger partial charge in [-0.15, -0.1) is 0 Å². The van der Waals surface area contributed by atoms with Gasteiger partial charge in [0.1, 0.15) is 23.2 Å². The van der Waals surface area contributed by atoms with E-state index < -0.39 is 14.5 Å². The van der Waals surface area contributed by atoms with E-state index in [0.717, 1.165) is 6.16 Å². The van der Waals surface area contributed by atoms with Gasteiger partial charge >= 0.3 is 0 Å². The zero-order valence-corrected chi connectivity index (χ0v) is 35.5. The number of unbranched alkanes of at least 4 members (excludes halogenated alkanes) is 16. The van der Waals surface area contributed by atoms with Crippen molar-refractivity contribution >= 4 is 30.4 Å². The molecule has 0 amide bonds. The summed E-state index contributed by atoms with van der Waals surface area (Å²) in [7, 11) is -2.16. The molecule has 0 heterocycles. The predicted molar refractivity (Wildman–Crippen MR) is 237 cm³/mol. The summed E-state index contributed by atoms with van der Waals surface area (Å²) in [5, 5.41) is 4.39. The van der Waals surface area contributed by atoms with Crippen LogP contribution in [0.25, 0.3) is 0 Å². The van der Waals surface area contributed by atoms with Gasteiger partial charge in [-0.05, 0) is 75.4 Å². The molecule has 0 unspecified atom stereocenters. The van der Waals surface area contributed by atoms with Gasteiger partial charge in [0.2, 0.25) is 0 Å². The molecule has 0 N–H and O–H groups in total. The van der Waals surface area contributed by atoms with Crippen molar-refractivity contribution in [3.8, 4) is 0 Å². The molecule has 0 saturated carbocycles. The largest absolute Gasteiger partial charge is 0.111 e. The molecule has 0 saturated heterocycles. The van der Waals surface area contributed by atoms with Gasteiger partial charge in [-0.2, -0.15) is 0 Å². The highest BCUT2D eigenvalue weighted by atomic mass is 31.2. The minimum atomic E-state index is -1.53. The number of hydrogen-bond acceptors (Lipinski definition) is 0. The van der Waals surface area contributed by atoms with Gasteiger partial charge in [0.15, 0.2) is 0 Å². The molecule has 0 aromatic heterocycles. The molecule has 0 spiro atoms. The van der Waals surface area contributed by atoms with Crippen LogP contribution >= 0.6 is 14.5 Å². The van der Waals surface area contributed by atoms with Crippen molar-refractivity contribution in [2.24, 2.45) is 0 Å². The van der Waals surface area contributed by atoms with Crippen LogP contribution in [0, 0.1) is 0 Å². The summed E-state index contributed by atoms with van der Waals surface area (Å²) in [6, 6.07) is 33.0. The van der Waals surface area contributed by atoms with Crippen molar-refractivity contribution < 1.29 is 0 Å².